The van der Waals surface area contributed by atoms with Crippen molar-refractivity contribution in [3.05, 3.63) is 91.0 Å². The normalized spacial score (nSPS) is 11.0. The van der Waals surface area contributed by atoms with E-state index in [1.807, 2.05) is 0 Å². The second-order valence-corrected chi connectivity index (χ2v) is 9.90. The molecule has 1 nitrogen and oxygen atoms in total. The SMILES string of the molecule is CCN(C#C[P+](c1ccccc1)(c1ccccc1)c1ccccc1)C(C)C. The molecule has 0 aliphatic rings. The van der Waals surface area contributed by atoms with Gasteiger partial charge in [0.25, 0.3) is 0 Å². The van der Waals surface area contributed by atoms with E-state index in [1.165, 1.54) is 15.9 Å². The van der Waals surface area contributed by atoms with Crippen LogP contribution in [0.4, 0.5) is 0 Å². The Balaban J connectivity index is 2.32. The zero-order chi connectivity index (χ0) is 19.1. The molecule has 3 rings (SSSR count). The standard InChI is InChI=1S/C25H27NP/c1-4-26(22(2)3)20-21-27(23-14-8-5-9-15-23,24-16-10-6-11-17-24)25-18-12-7-13-19-25/h5-19,22H,4H2,1-3H3/q+1. The minimum absolute atomic E-state index is 0.395. The molecule has 3 aromatic carbocycles. The van der Waals surface area contributed by atoms with E-state index in [-0.39, 0.29) is 0 Å². The first kappa shape index (κ1) is 19.2. The van der Waals surface area contributed by atoms with Crippen LogP contribution in [0.2, 0.25) is 0 Å². The van der Waals surface area contributed by atoms with Crippen molar-refractivity contribution in [2.24, 2.45) is 0 Å². The molecule has 3 aromatic rings. The van der Waals surface area contributed by atoms with Gasteiger partial charge in [0.2, 0.25) is 0 Å². The number of nitrogens with zero attached hydrogens (tertiary/aromatic N) is 1. The summed E-state index contributed by atoms with van der Waals surface area (Å²) in [5, 5.41) is 3.90. The fourth-order valence-electron chi connectivity index (χ4n) is 3.31. The Kier molecular flexibility index (Phi) is 6.33. The molecule has 0 aliphatic carbocycles. The first-order valence-corrected chi connectivity index (χ1v) is 11.3. The van der Waals surface area contributed by atoms with Crippen molar-refractivity contribution < 1.29 is 0 Å². The van der Waals surface area contributed by atoms with Crippen LogP contribution >= 0.6 is 7.26 Å². The number of rotatable bonds is 5. The summed E-state index contributed by atoms with van der Waals surface area (Å²) in [7, 11) is -2.06. The third kappa shape index (κ3) is 4.08. The molecular formula is C25H27NP+. The molecule has 0 atom stereocenters. The topological polar surface area (TPSA) is 3.24 Å². The summed E-state index contributed by atoms with van der Waals surface area (Å²) < 4.78 is 0. The highest BCUT2D eigenvalue weighted by molar-refractivity contribution is 7.99. The summed E-state index contributed by atoms with van der Waals surface area (Å²) in [5.74, 6) is 0. The Morgan fingerprint density at radius 3 is 1.37 bits per heavy atom. The fraction of sp³-hybridized carbons (Fsp3) is 0.200. The summed E-state index contributed by atoms with van der Waals surface area (Å²) in [4.78, 5) is 2.23. The molecule has 0 amide bonds. The molecule has 27 heavy (non-hydrogen) atoms. The van der Waals surface area contributed by atoms with Crippen molar-refractivity contribution in [2.45, 2.75) is 26.8 Å². The highest BCUT2D eigenvalue weighted by Crippen LogP contribution is 2.54. The molecule has 0 bridgehead atoms. The average Bonchev–Trinajstić information content (AvgIpc) is 2.73. The van der Waals surface area contributed by atoms with Crippen LogP contribution in [0.1, 0.15) is 20.8 Å². The largest absolute Gasteiger partial charge is 0.327 e. The molecule has 0 N–H and O–H groups in total. The van der Waals surface area contributed by atoms with Gasteiger partial charge in [0.15, 0.2) is 7.26 Å². The molecule has 0 saturated carbocycles. The predicted molar refractivity (Wildman–Crippen MR) is 120 cm³/mol. The van der Waals surface area contributed by atoms with E-state index >= 15 is 0 Å². The van der Waals surface area contributed by atoms with Crippen LogP contribution < -0.4 is 15.9 Å². The Labute approximate surface area is 164 Å². The minimum Gasteiger partial charge on any atom is -0.327 e. The van der Waals surface area contributed by atoms with E-state index in [0.717, 1.165) is 6.54 Å². The molecule has 0 heterocycles. The smallest absolute Gasteiger partial charge is 0.191 e. The van der Waals surface area contributed by atoms with Gasteiger partial charge in [0.05, 0.1) is 6.04 Å². The van der Waals surface area contributed by atoms with Crippen molar-refractivity contribution in [1.82, 2.24) is 4.90 Å². The van der Waals surface area contributed by atoms with Crippen LogP contribution in [0.25, 0.3) is 0 Å². The Morgan fingerprint density at radius 2 is 1.07 bits per heavy atom. The van der Waals surface area contributed by atoms with Gasteiger partial charge >= 0.3 is 0 Å². The minimum atomic E-state index is -2.06. The maximum absolute atomic E-state index is 3.80. The fourth-order valence-corrected chi connectivity index (χ4v) is 6.73. The van der Waals surface area contributed by atoms with Crippen LogP contribution in [0.5, 0.6) is 0 Å². The van der Waals surface area contributed by atoms with Crippen molar-refractivity contribution in [1.29, 1.82) is 0 Å². The maximum Gasteiger partial charge on any atom is 0.191 e. The van der Waals surface area contributed by atoms with E-state index in [4.69, 9.17) is 0 Å². The molecule has 136 valence electrons. The van der Waals surface area contributed by atoms with Gasteiger partial charge in [-0.05, 0) is 57.2 Å². The first-order chi connectivity index (χ1) is 13.2. The maximum atomic E-state index is 3.80. The molecule has 0 spiro atoms. The number of hydrogen-bond acceptors (Lipinski definition) is 1. The molecule has 0 unspecified atom stereocenters. The van der Waals surface area contributed by atoms with Gasteiger partial charge in [0, 0.05) is 12.6 Å². The third-order valence-corrected chi connectivity index (χ3v) is 8.41. The van der Waals surface area contributed by atoms with Crippen molar-refractivity contribution >= 4 is 23.2 Å². The lowest BCUT2D eigenvalue weighted by molar-refractivity contribution is 0.348. The molecule has 0 aliphatic heterocycles. The van der Waals surface area contributed by atoms with Gasteiger partial charge in [-0.25, -0.2) is 0 Å². The zero-order valence-corrected chi connectivity index (χ0v) is 17.2. The molecule has 2 heteroatoms. The second-order valence-electron chi connectivity index (χ2n) is 6.78. The van der Waals surface area contributed by atoms with Gasteiger partial charge in [0.1, 0.15) is 21.6 Å². The van der Waals surface area contributed by atoms with Gasteiger partial charge in [-0.15, -0.1) is 0 Å². The van der Waals surface area contributed by atoms with Crippen molar-refractivity contribution in [3.63, 3.8) is 0 Å². The van der Waals surface area contributed by atoms with Gasteiger partial charge < -0.3 is 4.90 Å². The molecule has 0 fully saturated rings. The van der Waals surface area contributed by atoms with Crippen molar-refractivity contribution in [2.75, 3.05) is 6.54 Å². The van der Waals surface area contributed by atoms with Crippen LogP contribution in [0, 0.1) is 11.7 Å². The quantitative estimate of drug-likeness (QED) is 0.359. The summed E-state index contributed by atoms with van der Waals surface area (Å²) in [6.07, 6.45) is 0. The Morgan fingerprint density at radius 1 is 0.704 bits per heavy atom. The third-order valence-electron chi connectivity index (χ3n) is 4.76. The zero-order valence-electron chi connectivity index (χ0n) is 16.3. The van der Waals surface area contributed by atoms with E-state index in [9.17, 15) is 0 Å². The Hall–Kier alpha value is -2.55. The van der Waals surface area contributed by atoms with Crippen molar-refractivity contribution in [3.8, 4) is 11.7 Å². The summed E-state index contributed by atoms with van der Waals surface area (Å²) in [6, 6.07) is 36.3. The summed E-state index contributed by atoms with van der Waals surface area (Å²) in [5.41, 5.74) is 3.80. The Bertz CT molecular complexity index is 796. The highest BCUT2D eigenvalue weighted by Gasteiger charge is 2.45. The summed E-state index contributed by atoms with van der Waals surface area (Å²) >= 11 is 0. The lowest BCUT2D eigenvalue weighted by Gasteiger charge is -2.23. The number of benzene rings is 3. The lowest BCUT2D eigenvalue weighted by Crippen LogP contribution is -2.31. The van der Waals surface area contributed by atoms with Crippen LogP contribution in [-0.2, 0) is 0 Å². The molecular weight excluding hydrogens is 345 g/mol. The summed E-state index contributed by atoms with van der Waals surface area (Å²) in [6.45, 7) is 7.49. The average molecular weight is 372 g/mol. The van der Waals surface area contributed by atoms with Gasteiger partial charge in [-0.3, -0.25) is 0 Å². The second kappa shape index (κ2) is 8.90. The number of hydrogen-bond donors (Lipinski definition) is 0. The molecule has 0 radical (unpaired) electrons. The first-order valence-electron chi connectivity index (χ1n) is 9.54. The monoisotopic (exact) mass is 372 g/mol. The van der Waals surface area contributed by atoms with E-state index < -0.39 is 7.26 Å². The van der Waals surface area contributed by atoms with E-state index in [2.05, 4.69) is 128 Å². The van der Waals surface area contributed by atoms with Crippen LogP contribution in [0.15, 0.2) is 91.0 Å². The van der Waals surface area contributed by atoms with Gasteiger partial charge in [-0.2, -0.15) is 0 Å². The predicted octanol–water partition coefficient (Wildman–Crippen LogP) is 4.63. The van der Waals surface area contributed by atoms with Gasteiger partial charge in [-0.1, -0.05) is 54.6 Å². The van der Waals surface area contributed by atoms with Crippen LogP contribution in [0.3, 0.4) is 0 Å². The highest BCUT2D eigenvalue weighted by atomic mass is 31.2. The van der Waals surface area contributed by atoms with Crippen LogP contribution in [-0.4, -0.2) is 17.5 Å². The molecule has 0 saturated heterocycles. The van der Waals surface area contributed by atoms with E-state index in [0.29, 0.717) is 6.04 Å². The molecule has 0 aromatic heterocycles. The van der Waals surface area contributed by atoms with E-state index in [1.54, 1.807) is 0 Å². The lowest BCUT2D eigenvalue weighted by atomic mass is 10.3.